The van der Waals surface area contributed by atoms with Crippen LogP contribution in [0, 0.1) is 24.0 Å². The van der Waals surface area contributed by atoms with E-state index in [1.807, 2.05) is 25.3 Å². The summed E-state index contributed by atoms with van der Waals surface area (Å²) in [6.45, 7) is 4.00. The molecule has 3 aromatic rings. The number of nitro groups is 1. The summed E-state index contributed by atoms with van der Waals surface area (Å²) in [5.41, 5.74) is 3.81. The van der Waals surface area contributed by atoms with Gasteiger partial charge in [0.25, 0.3) is 5.69 Å². The SMILES string of the molecule is Cc1csc2nc(-c3cccc([N+](=O)[O-])c3)c(C)n12. The molecule has 0 unspecified atom stereocenters. The molecule has 0 N–H and O–H groups in total. The van der Waals surface area contributed by atoms with Gasteiger partial charge in [-0.2, -0.15) is 0 Å². The van der Waals surface area contributed by atoms with Crippen molar-refractivity contribution in [1.29, 1.82) is 0 Å². The van der Waals surface area contributed by atoms with Gasteiger partial charge in [-0.1, -0.05) is 12.1 Å². The fraction of sp³-hybridized carbons (Fsp3) is 0.154. The maximum absolute atomic E-state index is 10.8. The largest absolute Gasteiger partial charge is 0.292 e. The summed E-state index contributed by atoms with van der Waals surface area (Å²) in [6, 6.07) is 6.59. The van der Waals surface area contributed by atoms with Crippen LogP contribution in [-0.2, 0) is 0 Å². The molecule has 0 amide bonds. The summed E-state index contributed by atoms with van der Waals surface area (Å²) < 4.78 is 2.07. The maximum atomic E-state index is 10.8. The molecule has 0 atom stereocenters. The Balaban J connectivity index is 2.21. The van der Waals surface area contributed by atoms with Crippen LogP contribution in [0.5, 0.6) is 0 Å². The van der Waals surface area contributed by atoms with Crippen molar-refractivity contribution in [3.05, 3.63) is 51.1 Å². The quantitative estimate of drug-likeness (QED) is 0.529. The molecular formula is C13H11N3O2S. The van der Waals surface area contributed by atoms with Crippen LogP contribution >= 0.6 is 11.3 Å². The lowest BCUT2D eigenvalue weighted by Crippen LogP contribution is -1.90. The molecule has 1 aromatic carbocycles. The lowest BCUT2D eigenvalue weighted by Gasteiger charge is -2.00. The number of non-ortho nitro benzene ring substituents is 1. The Bertz CT molecular complexity index is 788. The molecule has 0 saturated carbocycles. The zero-order chi connectivity index (χ0) is 13.6. The molecule has 0 aliphatic heterocycles. The maximum Gasteiger partial charge on any atom is 0.270 e. The number of benzene rings is 1. The number of hydrogen-bond donors (Lipinski definition) is 0. The summed E-state index contributed by atoms with van der Waals surface area (Å²) in [7, 11) is 0. The second-order valence-corrected chi connectivity index (χ2v) is 5.18. The molecule has 6 heteroatoms. The van der Waals surface area contributed by atoms with Gasteiger partial charge < -0.3 is 0 Å². The van der Waals surface area contributed by atoms with E-state index in [0.29, 0.717) is 0 Å². The monoisotopic (exact) mass is 273 g/mol. The molecule has 2 heterocycles. The molecule has 96 valence electrons. The molecule has 0 radical (unpaired) electrons. The van der Waals surface area contributed by atoms with Crippen LogP contribution in [0.1, 0.15) is 11.4 Å². The third-order valence-corrected chi connectivity index (χ3v) is 4.04. The first kappa shape index (κ1) is 11.9. The van der Waals surface area contributed by atoms with E-state index in [2.05, 4.69) is 9.38 Å². The van der Waals surface area contributed by atoms with Crippen LogP contribution < -0.4 is 0 Å². The number of thiazole rings is 1. The topological polar surface area (TPSA) is 60.4 Å². The average Bonchev–Trinajstić information content (AvgIpc) is 2.91. The van der Waals surface area contributed by atoms with Crippen LogP contribution in [0.4, 0.5) is 5.69 Å². The van der Waals surface area contributed by atoms with Crippen LogP contribution in [0.2, 0.25) is 0 Å². The molecule has 0 bridgehead atoms. The minimum Gasteiger partial charge on any atom is -0.292 e. The molecule has 0 spiro atoms. The summed E-state index contributed by atoms with van der Waals surface area (Å²) in [4.78, 5) is 15.9. The zero-order valence-electron chi connectivity index (χ0n) is 10.5. The van der Waals surface area contributed by atoms with Gasteiger partial charge in [0, 0.05) is 34.5 Å². The van der Waals surface area contributed by atoms with E-state index in [1.165, 1.54) is 6.07 Å². The van der Waals surface area contributed by atoms with E-state index < -0.39 is 0 Å². The van der Waals surface area contributed by atoms with Crippen molar-refractivity contribution in [1.82, 2.24) is 9.38 Å². The van der Waals surface area contributed by atoms with Gasteiger partial charge in [-0.3, -0.25) is 14.5 Å². The summed E-state index contributed by atoms with van der Waals surface area (Å²) >= 11 is 1.57. The number of hydrogen-bond acceptors (Lipinski definition) is 4. The highest BCUT2D eigenvalue weighted by atomic mass is 32.1. The number of imidazole rings is 1. The molecular weight excluding hydrogens is 262 g/mol. The second-order valence-electron chi connectivity index (χ2n) is 4.35. The molecule has 19 heavy (non-hydrogen) atoms. The number of nitrogens with zero attached hydrogens (tertiary/aromatic N) is 3. The van der Waals surface area contributed by atoms with E-state index in [1.54, 1.807) is 23.5 Å². The van der Waals surface area contributed by atoms with Crippen molar-refractivity contribution in [3.8, 4) is 11.3 Å². The first-order valence-corrected chi connectivity index (χ1v) is 6.64. The first-order valence-electron chi connectivity index (χ1n) is 5.76. The standard InChI is InChI=1S/C13H11N3O2S/c1-8-7-19-13-14-12(9(2)15(8)13)10-4-3-5-11(6-10)16(17)18/h3-7H,1-2H3. The van der Waals surface area contributed by atoms with Crippen molar-refractivity contribution in [2.75, 3.05) is 0 Å². The Kier molecular flexibility index (Phi) is 2.60. The summed E-state index contributed by atoms with van der Waals surface area (Å²) in [5, 5.41) is 12.9. The second kappa shape index (κ2) is 4.17. The number of aromatic nitrogens is 2. The minimum absolute atomic E-state index is 0.0879. The third kappa shape index (κ3) is 1.80. The average molecular weight is 273 g/mol. The van der Waals surface area contributed by atoms with E-state index in [4.69, 9.17) is 0 Å². The van der Waals surface area contributed by atoms with Crippen molar-refractivity contribution < 1.29 is 4.92 Å². The van der Waals surface area contributed by atoms with E-state index >= 15 is 0 Å². The highest BCUT2D eigenvalue weighted by molar-refractivity contribution is 7.15. The highest BCUT2D eigenvalue weighted by Crippen LogP contribution is 2.29. The van der Waals surface area contributed by atoms with Gasteiger partial charge in [0.15, 0.2) is 4.96 Å². The Morgan fingerprint density at radius 2 is 2.16 bits per heavy atom. The highest BCUT2D eigenvalue weighted by Gasteiger charge is 2.15. The molecule has 0 fully saturated rings. The number of fused-ring (bicyclic) bond motifs is 1. The van der Waals surface area contributed by atoms with Crippen LogP contribution in [0.15, 0.2) is 29.6 Å². The van der Waals surface area contributed by atoms with Gasteiger partial charge in [-0.05, 0) is 13.8 Å². The Labute approximate surface area is 113 Å². The molecule has 0 aliphatic rings. The fourth-order valence-electron chi connectivity index (χ4n) is 2.20. The first-order chi connectivity index (χ1) is 9.08. The smallest absolute Gasteiger partial charge is 0.270 e. The summed E-state index contributed by atoms with van der Waals surface area (Å²) in [6.07, 6.45) is 0. The van der Waals surface area contributed by atoms with Crippen LogP contribution in [0.25, 0.3) is 16.2 Å². The minimum atomic E-state index is -0.386. The van der Waals surface area contributed by atoms with Gasteiger partial charge in [-0.15, -0.1) is 11.3 Å². The van der Waals surface area contributed by atoms with Crippen molar-refractivity contribution >= 4 is 22.0 Å². The lowest BCUT2D eigenvalue weighted by molar-refractivity contribution is -0.384. The Hall–Kier alpha value is -2.21. The van der Waals surface area contributed by atoms with Gasteiger partial charge in [-0.25, -0.2) is 4.98 Å². The van der Waals surface area contributed by atoms with Crippen LogP contribution in [0.3, 0.4) is 0 Å². The molecule has 0 aliphatic carbocycles. The van der Waals surface area contributed by atoms with E-state index in [-0.39, 0.29) is 10.6 Å². The molecule has 0 saturated heterocycles. The lowest BCUT2D eigenvalue weighted by atomic mass is 10.1. The fourth-order valence-corrected chi connectivity index (χ4v) is 3.11. The predicted octanol–water partition coefficient (Wildman–Crippen LogP) is 3.59. The van der Waals surface area contributed by atoms with Gasteiger partial charge in [0.2, 0.25) is 0 Å². The van der Waals surface area contributed by atoms with E-state index in [0.717, 1.165) is 27.6 Å². The van der Waals surface area contributed by atoms with Crippen molar-refractivity contribution in [2.24, 2.45) is 0 Å². The molecule has 2 aromatic heterocycles. The number of rotatable bonds is 2. The third-order valence-electron chi connectivity index (χ3n) is 3.09. The zero-order valence-corrected chi connectivity index (χ0v) is 11.3. The van der Waals surface area contributed by atoms with E-state index in [9.17, 15) is 10.1 Å². The van der Waals surface area contributed by atoms with Gasteiger partial charge in [0.1, 0.15) is 0 Å². The van der Waals surface area contributed by atoms with Crippen molar-refractivity contribution in [3.63, 3.8) is 0 Å². The number of aryl methyl sites for hydroxylation is 2. The van der Waals surface area contributed by atoms with Gasteiger partial charge in [0.05, 0.1) is 10.6 Å². The molecule has 3 rings (SSSR count). The summed E-state index contributed by atoms with van der Waals surface area (Å²) in [5.74, 6) is 0. The predicted molar refractivity (Wildman–Crippen MR) is 74.6 cm³/mol. The normalized spacial score (nSPS) is 11.1. The Morgan fingerprint density at radius 3 is 2.84 bits per heavy atom. The molecule has 5 nitrogen and oxygen atoms in total. The van der Waals surface area contributed by atoms with Gasteiger partial charge >= 0.3 is 0 Å². The van der Waals surface area contributed by atoms with Crippen molar-refractivity contribution in [2.45, 2.75) is 13.8 Å². The number of nitro benzene ring substituents is 1. The van der Waals surface area contributed by atoms with Crippen LogP contribution in [-0.4, -0.2) is 14.3 Å². The Morgan fingerprint density at radius 1 is 1.37 bits per heavy atom.